The van der Waals surface area contributed by atoms with Crippen LogP contribution in [0.25, 0.3) is 0 Å². The van der Waals surface area contributed by atoms with Crippen molar-refractivity contribution in [1.29, 1.82) is 0 Å². The first-order chi connectivity index (χ1) is 7.31. The van der Waals surface area contributed by atoms with E-state index >= 15 is 0 Å². The van der Waals surface area contributed by atoms with Crippen LogP contribution < -0.4 is 5.32 Å². The summed E-state index contributed by atoms with van der Waals surface area (Å²) >= 11 is 0. The molecule has 1 N–H and O–H groups in total. The molecule has 1 aromatic rings. The topological polar surface area (TPSA) is 46.9 Å². The number of hydrogen-bond donors (Lipinski definition) is 1. The van der Waals surface area contributed by atoms with Gasteiger partial charge in [-0.3, -0.25) is 4.79 Å². The lowest BCUT2D eigenvalue weighted by Crippen LogP contribution is -2.21. The lowest BCUT2D eigenvalue weighted by atomic mass is 10.2. The summed E-state index contributed by atoms with van der Waals surface area (Å²) in [6, 6.07) is 0.670. The first-order valence-electron chi connectivity index (χ1n) is 5.59. The van der Waals surface area contributed by atoms with Crippen LogP contribution in [-0.2, 0) is 6.54 Å². The van der Waals surface area contributed by atoms with Gasteiger partial charge in [-0.25, -0.2) is 4.98 Å². The Morgan fingerprint density at radius 2 is 2.47 bits per heavy atom. The number of Topliss-reactive ketones (excluding diaryl/α,β-unsaturated/α-hetero) is 1. The monoisotopic (exact) mass is 207 g/mol. The summed E-state index contributed by atoms with van der Waals surface area (Å²) in [6.07, 6.45) is 6.61. The Bertz CT molecular complexity index is 341. The van der Waals surface area contributed by atoms with Crippen molar-refractivity contribution in [3.8, 4) is 0 Å². The lowest BCUT2D eigenvalue weighted by Gasteiger charge is -2.04. The number of ketones is 1. The standard InChI is InChI=1S/C11H17N3O/c1-2-14-8-7-13-11(14)10(15)5-6-12-9-3-4-9/h7-9,12H,2-6H2,1H3. The largest absolute Gasteiger partial charge is 0.329 e. The van der Waals surface area contributed by atoms with Gasteiger partial charge >= 0.3 is 0 Å². The molecule has 4 heteroatoms. The van der Waals surface area contributed by atoms with E-state index in [-0.39, 0.29) is 5.78 Å². The number of hydrogen-bond acceptors (Lipinski definition) is 3. The number of carbonyl (C=O) groups is 1. The minimum absolute atomic E-state index is 0.134. The zero-order valence-corrected chi connectivity index (χ0v) is 9.07. The zero-order chi connectivity index (χ0) is 10.7. The van der Waals surface area contributed by atoms with Gasteiger partial charge in [-0.15, -0.1) is 0 Å². The second-order valence-electron chi connectivity index (χ2n) is 3.94. The van der Waals surface area contributed by atoms with E-state index in [1.165, 1.54) is 12.8 Å². The molecule has 1 saturated carbocycles. The summed E-state index contributed by atoms with van der Waals surface area (Å²) in [4.78, 5) is 15.9. The third-order valence-corrected chi connectivity index (χ3v) is 2.67. The maximum Gasteiger partial charge on any atom is 0.199 e. The highest BCUT2D eigenvalue weighted by molar-refractivity contribution is 5.92. The third-order valence-electron chi connectivity index (χ3n) is 2.67. The fourth-order valence-electron chi connectivity index (χ4n) is 1.61. The molecular weight excluding hydrogens is 190 g/mol. The smallest absolute Gasteiger partial charge is 0.199 e. The van der Waals surface area contributed by atoms with Crippen molar-refractivity contribution in [3.05, 3.63) is 18.2 Å². The number of nitrogens with zero attached hydrogens (tertiary/aromatic N) is 2. The van der Waals surface area contributed by atoms with Gasteiger partial charge in [0, 0.05) is 37.9 Å². The van der Waals surface area contributed by atoms with Crippen LogP contribution in [0.4, 0.5) is 0 Å². The van der Waals surface area contributed by atoms with Crippen LogP contribution >= 0.6 is 0 Å². The second kappa shape index (κ2) is 4.57. The van der Waals surface area contributed by atoms with Gasteiger partial charge in [0.05, 0.1) is 0 Å². The summed E-state index contributed by atoms with van der Waals surface area (Å²) in [5.74, 6) is 0.727. The van der Waals surface area contributed by atoms with Crippen molar-refractivity contribution in [3.63, 3.8) is 0 Å². The van der Waals surface area contributed by atoms with Gasteiger partial charge in [-0.05, 0) is 19.8 Å². The number of carbonyl (C=O) groups excluding carboxylic acids is 1. The maximum atomic E-state index is 11.8. The minimum Gasteiger partial charge on any atom is -0.329 e. The van der Waals surface area contributed by atoms with Gasteiger partial charge in [0.25, 0.3) is 0 Å². The molecule has 0 aromatic carbocycles. The van der Waals surface area contributed by atoms with E-state index < -0.39 is 0 Å². The molecule has 0 saturated heterocycles. The van der Waals surface area contributed by atoms with Crippen molar-refractivity contribution >= 4 is 5.78 Å². The Hall–Kier alpha value is -1.16. The summed E-state index contributed by atoms with van der Waals surface area (Å²) < 4.78 is 1.89. The van der Waals surface area contributed by atoms with Crippen LogP contribution in [0.5, 0.6) is 0 Å². The summed E-state index contributed by atoms with van der Waals surface area (Å²) in [7, 11) is 0. The highest BCUT2D eigenvalue weighted by Crippen LogP contribution is 2.18. The lowest BCUT2D eigenvalue weighted by molar-refractivity contribution is 0.0968. The number of imidazole rings is 1. The highest BCUT2D eigenvalue weighted by atomic mass is 16.1. The van der Waals surface area contributed by atoms with Crippen molar-refractivity contribution in [1.82, 2.24) is 14.9 Å². The molecule has 1 heterocycles. The predicted molar refractivity (Wildman–Crippen MR) is 57.9 cm³/mol. The molecule has 4 nitrogen and oxygen atoms in total. The normalized spacial score (nSPS) is 15.5. The summed E-state index contributed by atoms with van der Waals surface area (Å²) in [5, 5.41) is 3.33. The van der Waals surface area contributed by atoms with Gasteiger partial charge in [0.15, 0.2) is 11.6 Å². The number of aryl methyl sites for hydroxylation is 1. The maximum absolute atomic E-state index is 11.8. The van der Waals surface area contributed by atoms with Crippen molar-refractivity contribution in [2.24, 2.45) is 0 Å². The Labute approximate surface area is 89.7 Å². The van der Waals surface area contributed by atoms with Crippen LogP contribution in [0, 0.1) is 0 Å². The van der Waals surface area contributed by atoms with E-state index in [0.29, 0.717) is 18.3 Å². The molecular formula is C11H17N3O. The van der Waals surface area contributed by atoms with Crippen molar-refractivity contribution in [2.45, 2.75) is 38.8 Å². The van der Waals surface area contributed by atoms with Crippen molar-refractivity contribution in [2.75, 3.05) is 6.54 Å². The Balaban J connectivity index is 1.83. The molecule has 2 rings (SSSR count). The molecule has 0 spiro atoms. The minimum atomic E-state index is 0.134. The molecule has 1 fully saturated rings. The molecule has 0 amide bonds. The fourth-order valence-corrected chi connectivity index (χ4v) is 1.61. The molecule has 0 aliphatic heterocycles. The number of nitrogens with one attached hydrogen (secondary N) is 1. The Morgan fingerprint density at radius 1 is 1.67 bits per heavy atom. The molecule has 1 aromatic heterocycles. The first-order valence-corrected chi connectivity index (χ1v) is 5.59. The average Bonchev–Trinajstić information content (AvgIpc) is 2.94. The fraction of sp³-hybridized carbons (Fsp3) is 0.636. The van der Waals surface area contributed by atoms with Crippen LogP contribution in [0.15, 0.2) is 12.4 Å². The van der Waals surface area contributed by atoms with E-state index in [9.17, 15) is 4.79 Å². The third kappa shape index (κ3) is 2.65. The zero-order valence-electron chi connectivity index (χ0n) is 9.07. The SMILES string of the molecule is CCn1ccnc1C(=O)CCNC1CC1. The van der Waals surface area contributed by atoms with Gasteiger partial charge in [0.2, 0.25) is 0 Å². The predicted octanol–water partition coefficient (Wildman–Crippen LogP) is 1.23. The molecule has 1 aliphatic carbocycles. The van der Waals surface area contributed by atoms with E-state index in [1.54, 1.807) is 6.20 Å². The van der Waals surface area contributed by atoms with Gasteiger partial charge in [0.1, 0.15) is 0 Å². The van der Waals surface area contributed by atoms with E-state index in [0.717, 1.165) is 13.1 Å². The quantitative estimate of drug-likeness (QED) is 0.714. The Morgan fingerprint density at radius 3 is 3.13 bits per heavy atom. The first kappa shape index (κ1) is 10.4. The van der Waals surface area contributed by atoms with Gasteiger partial charge in [-0.1, -0.05) is 0 Å². The van der Waals surface area contributed by atoms with E-state index in [2.05, 4.69) is 10.3 Å². The van der Waals surface area contributed by atoms with Gasteiger partial charge in [-0.2, -0.15) is 0 Å². The van der Waals surface area contributed by atoms with Crippen LogP contribution in [-0.4, -0.2) is 27.9 Å². The van der Waals surface area contributed by atoms with E-state index in [1.807, 2.05) is 17.7 Å². The molecule has 82 valence electrons. The second-order valence-corrected chi connectivity index (χ2v) is 3.94. The molecule has 1 aliphatic rings. The molecule has 0 bridgehead atoms. The molecule has 15 heavy (non-hydrogen) atoms. The summed E-state index contributed by atoms with van der Waals surface area (Å²) in [6.45, 7) is 3.60. The van der Waals surface area contributed by atoms with E-state index in [4.69, 9.17) is 0 Å². The molecule has 0 unspecified atom stereocenters. The Kier molecular flexibility index (Phi) is 3.16. The number of rotatable bonds is 6. The van der Waals surface area contributed by atoms with Crippen LogP contribution in [0.2, 0.25) is 0 Å². The summed E-state index contributed by atoms with van der Waals surface area (Å²) in [5.41, 5.74) is 0. The molecule has 0 atom stereocenters. The highest BCUT2D eigenvalue weighted by Gasteiger charge is 2.20. The molecule has 0 radical (unpaired) electrons. The van der Waals surface area contributed by atoms with Crippen molar-refractivity contribution < 1.29 is 4.79 Å². The number of aromatic nitrogens is 2. The van der Waals surface area contributed by atoms with Crippen LogP contribution in [0.1, 0.15) is 36.8 Å². The van der Waals surface area contributed by atoms with Crippen LogP contribution in [0.3, 0.4) is 0 Å². The van der Waals surface area contributed by atoms with Gasteiger partial charge < -0.3 is 9.88 Å². The average molecular weight is 207 g/mol.